The molecular weight excluding hydrogens is 340 g/mol. The van der Waals surface area contributed by atoms with E-state index in [2.05, 4.69) is 10.3 Å². The highest BCUT2D eigenvalue weighted by atomic mass is 35.5. The van der Waals surface area contributed by atoms with Gasteiger partial charge in [-0.15, -0.1) is 0 Å². The summed E-state index contributed by atoms with van der Waals surface area (Å²) in [5.74, 6) is 0.524. The first-order valence-corrected chi connectivity index (χ1v) is 8.63. The Morgan fingerprint density at radius 3 is 2.84 bits per heavy atom. The number of rotatable bonds is 5. The number of nitrogens with one attached hydrogen (secondary N) is 1. The van der Waals surface area contributed by atoms with Crippen LogP contribution in [0.5, 0.6) is 5.88 Å². The van der Waals surface area contributed by atoms with Crippen LogP contribution < -0.4 is 10.1 Å². The molecule has 5 nitrogen and oxygen atoms in total. The number of aromatic nitrogens is 1. The SMILES string of the molecule is COc1cc(CNC(=O)C2(c3cccc(Cl)c3)CCOCC2)ccn1. The number of nitrogens with zero attached hydrogens (tertiary/aromatic N) is 1. The summed E-state index contributed by atoms with van der Waals surface area (Å²) in [4.78, 5) is 17.2. The molecule has 0 radical (unpaired) electrons. The van der Waals surface area contributed by atoms with E-state index in [1.807, 2.05) is 36.4 Å². The number of ether oxygens (including phenoxy) is 2. The molecule has 1 aliphatic rings. The fourth-order valence-corrected chi connectivity index (χ4v) is 3.37. The minimum Gasteiger partial charge on any atom is -0.481 e. The van der Waals surface area contributed by atoms with Crippen LogP contribution in [0.15, 0.2) is 42.6 Å². The minimum atomic E-state index is -0.611. The summed E-state index contributed by atoms with van der Waals surface area (Å²) in [7, 11) is 1.57. The van der Waals surface area contributed by atoms with Gasteiger partial charge < -0.3 is 14.8 Å². The topological polar surface area (TPSA) is 60.5 Å². The first-order valence-electron chi connectivity index (χ1n) is 8.25. The first-order chi connectivity index (χ1) is 12.1. The molecule has 132 valence electrons. The largest absolute Gasteiger partial charge is 0.481 e. The molecule has 3 rings (SSSR count). The molecule has 0 spiro atoms. The maximum Gasteiger partial charge on any atom is 0.231 e. The molecule has 1 amide bonds. The predicted octanol–water partition coefficient (Wildman–Crippen LogP) is 3.11. The van der Waals surface area contributed by atoms with E-state index < -0.39 is 5.41 Å². The Balaban J connectivity index is 1.80. The number of pyridine rings is 1. The smallest absolute Gasteiger partial charge is 0.231 e. The van der Waals surface area contributed by atoms with Crippen molar-refractivity contribution in [3.05, 3.63) is 58.7 Å². The van der Waals surface area contributed by atoms with Gasteiger partial charge in [-0.1, -0.05) is 23.7 Å². The van der Waals surface area contributed by atoms with Gasteiger partial charge in [0, 0.05) is 37.0 Å². The minimum absolute atomic E-state index is 0.00570. The molecule has 1 N–H and O–H groups in total. The third-order valence-electron chi connectivity index (χ3n) is 4.62. The molecule has 0 bridgehead atoms. The third-order valence-corrected chi connectivity index (χ3v) is 4.85. The number of carbonyl (C=O) groups excluding carboxylic acids is 1. The van der Waals surface area contributed by atoms with E-state index in [0.717, 1.165) is 11.1 Å². The van der Waals surface area contributed by atoms with E-state index in [9.17, 15) is 4.79 Å². The van der Waals surface area contributed by atoms with Crippen LogP contribution in [0.25, 0.3) is 0 Å². The van der Waals surface area contributed by atoms with Gasteiger partial charge in [-0.05, 0) is 42.2 Å². The molecule has 1 saturated heterocycles. The van der Waals surface area contributed by atoms with Crippen molar-refractivity contribution in [3.63, 3.8) is 0 Å². The van der Waals surface area contributed by atoms with Crippen molar-refractivity contribution in [3.8, 4) is 5.88 Å². The van der Waals surface area contributed by atoms with Crippen molar-refractivity contribution < 1.29 is 14.3 Å². The van der Waals surface area contributed by atoms with Gasteiger partial charge >= 0.3 is 0 Å². The summed E-state index contributed by atoms with van der Waals surface area (Å²) < 4.78 is 10.6. The number of hydrogen-bond acceptors (Lipinski definition) is 4. The number of benzene rings is 1. The van der Waals surface area contributed by atoms with Crippen LogP contribution in [0.3, 0.4) is 0 Å². The summed E-state index contributed by atoms with van der Waals surface area (Å²) in [6.07, 6.45) is 2.94. The molecule has 2 heterocycles. The molecule has 25 heavy (non-hydrogen) atoms. The maximum atomic E-state index is 13.1. The molecular formula is C19H21ClN2O3. The van der Waals surface area contributed by atoms with Crippen molar-refractivity contribution in [2.75, 3.05) is 20.3 Å². The molecule has 0 saturated carbocycles. The molecule has 1 aromatic carbocycles. The molecule has 1 aromatic heterocycles. The molecule has 0 unspecified atom stereocenters. The molecule has 2 aromatic rings. The van der Waals surface area contributed by atoms with Gasteiger partial charge in [-0.25, -0.2) is 4.98 Å². The number of amides is 1. The second-order valence-electron chi connectivity index (χ2n) is 6.09. The Kier molecular flexibility index (Phi) is 5.56. The number of halogens is 1. The average molecular weight is 361 g/mol. The summed E-state index contributed by atoms with van der Waals surface area (Å²) in [5, 5.41) is 3.69. The number of hydrogen-bond donors (Lipinski definition) is 1. The maximum absolute atomic E-state index is 13.1. The molecule has 1 fully saturated rings. The molecule has 1 aliphatic heterocycles. The third kappa shape index (κ3) is 3.94. The lowest BCUT2D eigenvalue weighted by Gasteiger charge is -2.36. The Bertz CT molecular complexity index is 745. The number of methoxy groups -OCH3 is 1. The second-order valence-corrected chi connectivity index (χ2v) is 6.53. The lowest BCUT2D eigenvalue weighted by atomic mass is 9.73. The second kappa shape index (κ2) is 7.85. The van der Waals surface area contributed by atoms with Crippen molar-refractivity contribution in [1.82, 2.24) is 10.3 Å². The van der Waals surface area contributed by atoms with Gasteiger partial charge in [-0.3, -0.25) is 4.79 Å². The van der Waals surface area contributed by atoms with E-state index >= 15 is 0 Å². The summed E-state index contributed by atoms with van der Waals surface area (Å²) in [6.45, 7) is 1.53. The van der Waals surface area contributed by atoms with E-state index in [4.69, 9.17) is 21.1 Å². The van der Waals surface area contributed by atoms with Crippen LogP contribution in [0, 0.1) is 0 Å². The lowest BCUT2D eigenvalue weighted by molar-refractivity contribution is -0.130. The zero-order valence-corrected chi connectivity index (χ0v) is 14.9. The van der Waals surface area contributed by atoms with Gasteiger partial charge in [0.1, 0.15) is 0 Å². The van der Waals surface area contributed by atoms with E-state index in [-0.39, 0.29) is 5.91 Å². The summed E-state index contributed by atoms with van der Waals surface area (Å²) in [6, 6.07) is 11.2. The van der Waals surface area contributed by atoms with Crippen molar-refractivity contribution in [2.24, 2.45) is 0 Å². The quantitative estimate of drug-likeness (QED) is 0.890. The fourth-order valence-electron chi connectivity index (χ4n) is 3.18. The van der Waals surface area contributed by atoms with Crippen LogP contribution >= 0.6 is 11.6 Å². The monoisotopic (exact) mass is 360 g/mol. The predicted molar refractivity (Wildman–Crippen MR) is 95.8 cm³/mol. The van der Waals surface area contributed by atoms with Crippen molar-refractivity contribution in [1.29, 1.82) is 0 Å². The highest BCUT2D eigenvalue weighted by molar-refractivity contribution is 6.30. The summed E-state index contributed by atoms with van der Waals surface area (Å²) in [5.41, 5.74) is 1.27. The first kappa shape index (κ1) is 17.7. The standard InChI is InChI=1S/C19H21ClN2O3/c1-24-17-11-14(5-8-21-17)13-22-18(23)19(6-9-25-10-7-19)15-3-2-4-16(20)12-15/h2-5,8,11-12H,6-7,9-10,13H2,1H3,(H,22,23). The van der Waals surface area contributed by atoms with Crippen LogP contribution in [-0.4, -0.2) is 31.2 Å². The number of carbonyl (C=O) groups is 1. The van der Waals surface area contributed by atoms with E-state index in [1.54, 1.807) is 13.3 Å². The van der Waals surface area contributed by atoms with Crippen molar-refractivity contribution in [2.45, 2.75) is 24.8 Å². The Morgan fingerprint density at radius 2 is 2.12 bits per heavy atom. The molecule has 0 aliphatic carbocycles. The summed E-state index contributed by atoms with van der Waals surface area (Å²) >= 11 is 6.15. The van der Waals surface area contributed by atoms with Crippen LogP contribution in [0.4, 0.5) is 0 Å². The Morgan fingerprint density at radius 1 is 1.32 bits per heavy atom. The van der Waals surface area contributed by atoms with Gasteiger partial charge in [0.15, 0.2) is 0 Å². The Labute approximate surface area is 152 Å². The highest BCUT2D eigenvalue weighted by Crippen LogP contribution is 2.36. The van der Waals surface area contributed by atoms with Crippen LogP contribution in [0.2, 0.25) is 5.02 Å². The molecule has 6 heteroatoms. The van der Waals surface area contributed by atoms with Crippen molar-refractivity contribution >= 4 is 17.5 Å². The zero-order valence-electron chi connectivity index (χ0n) is 14.1. The zero-order chi connectivity index (χ0) is 17.7. The fraction of sp³-hybridized carbons (Fsp3) is 0.368. The van der Waals surface area contributed by atoms with E-state index in [0.29, 0.717) is 43.5 Å². The molecule has 0 atom stereocenters. The van der Waals surface area contributed by atoms with E-state index in [1.165, 1.54) is 0 Å². The normalized spacial score (nSPS) is 16.2. The van der Waals surface area contributed by atoms with Gasteiger partial charge in [-0.2, -0.15) is 0 Å². The lowest BCUT2D eigenvalue weighted by Crippen LogP contribution is -2.47. The Hall–Kier alpha value is -2.11. The highest BCUT2D eigenvalue weighted by Gasteiger charge is 2.41. The average Bonchev–Trinajstić information content (AvgIpc) is 2.66. The van der Waals surface area contributed by atoms with Gasteiger partial charge in [0.25, 0.3) is 0 Å². The van der Waals surface area contributed by atoms with Gasteiger partial charge in [0.05, 0.1) is 12.5 Å². The van der Waals surface area contributed by atoms with Crippen LogP contribution in [-0.2, 0) is 21.5 Å². The van der Waals surface area contributed by atoms with Crippen LogP contribution in [0.1, 0.15) is 24.0 Å². The van der Waals surface area contributed by atoms with Gasteiger partial charge in [0.2, 0.25) is 11.8 Å².